The number of aromatic nitrogens is 1. The number of carboxylic acid groups (broad SMARTS) is 3. The number of primary amides is 3. The van der Waals surface area contributed by atoms with Crippen LogP contribution >= 0.6 is 0 Å². The molecule has 0 saturated carbocycles. The first-order valence-corrected chi connectivity index (χ1v) is 39.8. The van der Waals surface area contributed by atoms with Gasteiger partial charge in [-0.2, -0.15) is 0 Å². The molecule has 0 saturated heterocycles. The number of nitrogens with zero attached hydrogens (tertiary/aromatic N) is 1. The molecule has 0 aliphatic rings. The molecule has 124 heavy (non-hydrogen) atoms. The second kappa shape index (κ2) is 56.2. The van der Waals surface area contributed by atoms with Crippen molar-refractivity contribution < 1.29 is 116 Å². The van der Waals surface area contributed by atoms with E-state index < -0.39 is 290 Å². The Bertz CT molecular complexity index is 3930. The smallest absolute Gasteiger partial charge is 0.326 e. The van der Waals surface area contributed by atoms with Crippen molar-refractivity contribution in [3.63, 3.8) is 0 Å². The Morgan fingerprint density at radius 1 is 0.379 bits per heavy atom. The first-order valence-electron chi connectivity index (χ1n) is 39.8. The van der Waals surface area contributed by atoms with Gasteiger partial charge in [-0.25, -0.2) is 4.79 Å². The highest BCUT2D eigenvalue weighted by molar-refractivity contribution is 6.02. The van der Waals surface area contributed by atoms with Gasteiger partial charge < -0.3 is 140 Å². The summed E-state index contributed by atoms with van der Waals surface area (Å²) in [4.78, 5) is 284. The maximum atomic E-state index is 14.5. The third kappa shape index (κ3) is 42.2. The molecule has 0 fully saturated rings. The summed E-state index contributed by atoms with van der Waals surface area (Å²) in [5.74, 6) is -27.9. The van der Waals surface area contributed by atoms with E-state index in [-0.39, 0.29) is 77.3 Å². The van der Waals surface area contributed by atoms with E-state index in [9.17, 15) is 116 Å². The zero-order valence-electron chi connectivity index (χ0n) is 70.6. The van der Waals surface area contributed by atoms with Gasteiger partial charge in [0, 0.05) is 44.7 Å². The Morgan fingerprint density at radius 3 is 1.16 bits per heavy atom. The van der Waals surface area contributed by atoms with E-state index >= 15 is 0 Å². The molecular weight excluding hydrogens is 1640 g/mol. The van der Waals surface area contributed by atoms with E-state index in [4.69, 9.17) is 45.2 Å². The molecule has 16 atom stereocenters. The first-order chi connectivity index (χ1) is 58.1. The zero-order valence-corrected chi connectivity index (χ0v) is 70.6. The van der Waals surface area contributed by atoms with Crippen molar-refractivity contribution in [2.45, 2.75) is 237 Å². The molecule has 18 amide bonds. The van der Waals surface area contributed by atoms with Gasteiger partial charge in [0.15, 0.2) is 11.9 Å². The number of hydrogen-bond donors (Lipinski definition) is 28. The Balaban J connectivity index is 3.53. The normalized spacial score (nSPS) is 14.8. The number of pyridine rings is 1. The van der Waals surface area contributed by atoms with Crippen molar-refractivity contribution in [3.8, 4) is 0 Å². The minimum Gasteiger partial charge on any atom is -0.481 e. The Labute approximate surface area is 713 Å². The fraction of sp³-hybridized carbons (Fsp3) is 0.622. The van der Waals surface area contributed by atoms with Gasteiger partial charge in [0.05, 0.1) is 38.9 Å². The minimum atomic E-state index is -2.14. The van der Waals surface area contributed by atoms with Crippen LogP contribution in [-0.4, -0.2) is 268 Å². The molecular formula is C74H122N26O24. The van der Waals surface area contributed by atoms with E-state index in [0.717, 1.165) is 0 Å². The van der Waals surface area contributed by atoms with Gasteiger partial charge in [-0.05, 0) is 80.8 Å². The molecule has 0 spiro atoms. The lowest BCUT2D eigenvalue weighted by molar-refractivity contribution is -0.143. The molecule has 0 aromatic carbocycles. The molecule has 1 aromatic rings. The Morgan fingerprint density at radius 2 is 0.726 bits per heavy atom. The molecule has 1 rings (SSSR count). The third-order valence-electron chi connectivity index (χ3n) is 19.2. The number of carboxylic acids is 3. The molecule has 0 bridgehead atoms. The molecule has 50 nitrogen and oxygen atoms in total. The number of hydrogen-bond acceptors (Lipinski definition) is 25. The van der Waals surface area contributed by atoms with E-state index in [2.05, 4.69) is 90.1 Å². The molecule has 0 aliphatic heterocycles. The largest absolute Gasteiger partial charge is 0.481 e. The van der Waals surface area contributed by atoms with Gasteiger partial charge in [-0.15, -0.1) is 0 Å². The van der Waals surface area contributed by atoms with E-state index in [0.29, 0.717) is 5.56 Å². The van der Waals surface area contributed by atoms with Gasteiger partial charge in [0.1, 0.15) is 78.5 Å². The van der Waals surface area contributed by atoms with E-state index in [1.54, 1.807) is 41.5 Å². The number of carbonyl (C=O) groups is 21. The number of nitrogens with two attached hydrogens (primary N) is 6. The first kappa shape index (κ1) is 109. The number of nitrogens with one attached hydrogen (secondary N) is 19. The van der Waals surface area contributed by atoms with E-state index in [1.807, 2.05) is 5.32 Å². The van der Waals surface area contributed by atoms with Crippen LogP contribution in [0, 0.1) is 34.5 Å². The van der Waals surface area contributed by atoms with Crippen LogP contribution in [0.15, 0.2) is 24.5 Å². The highest BCUT2D eigenvalue weighted by atomic mass is 16.4. The monoisotopic (exact) mass is 1760 g/mol. The highest BCUT2D eigenvalue weighted by Crippen LogP contribution is 2.16. The van der Waals surface area contributed by atoms with Crippen LogP contribution < -0.4 is 125 Å². The summed E-state index contributed by atoms with van der Waals surface area (Å²) in [6, 6.07) is -18.5. The van der Waals surface area contributed by atoms with Gasteiger partial charge in [0.25, 0.3) is 0 Å². The highest BCUT2D eigenvalue weighted by Gasteiger charge is 2.40. The minimum absolute atomic E-state index is 0.0202. The van der Waals surface area contributed by atoms with Gasteiger partial charge >= 0.3 is 17.9 Å². The van der Waals surface area contributed by atoms with Crippen molar-refractivity contribution in [2.75, 3.05) is 32.7 Å². The molecule has 1 aromatic heterocycles. The molecule has 50 heteroatoms. The predicted octanol–water partition coefficient (Wildman–Crippen LogP) is -10.1. The van der Waals surface area contributed by atoms with Crippen molar-refractivity contribution in [1.29, 1.82) is 10.8 Å². The summed E-state index contributed by atoms with van der Waals surface area (Å²) in [6.07, 6.45) is -2.45. The van der Waals surface area contributed by atoms with Crippen LogP contribution in [-0.2, 0) is 107 Å². The summed E-state index contributed by atoms with van der Waals surface area (Å²) in [7, 11) is 0. The van der Waals surface area contributed by atoms with Crippen molar-refractivity contribution in [1.82, 2.24) is 95.4 Å². The summed E-state index contributed by atoms with van der Waals surface area (Å²) in [6.45, 7) is 11.3. The maximum Gasteiger partial charge on any atom is 0.326 e. The topological polar surface area (TPSA) is 840 Å². The summed E-state index contributed by atoms with van der Waals surface area (Å²) in [5, 5.41) is 84.6. The van der Waals surface area contributed by atoms with Crippen LogP contribution in [0.2, 0.25) is 0 Å². The number of rotatable bonds is 60. The fourth-order valence-corrected chi connectivity index (χ4v) is 11.5. The van der Waals surface area contributed by atoms with Gasteiger partial charge in [-0.1, -0.05) is 80.7 Å². The Hall–Kier alpha value is -13.5. The fourth-order valence-electron chi connectivity index (χ4n) is 11.5. The molecule has 0 aliphatic carbocycles. The van der Waals surface area contributed by atoms with Crippen molar-refractivity contribution in [3.05, 3.63) is 30.1 Å². The second-order valence-electron chi connectivity index (χ2n) is 29.6. The summed E-state index contributed by atoms with van der Waals surface area (Å²) < 4.78 is 0. The van der Waals surface area contributed by atoms with Crippen molar-refractivity contribution >= 4 is 136 Å². The second-order valence-corrected chi connectivity index (χ2v) is 29.6. The maximum absolute atomic E-state index is 14.5. The van der Waals surface area contributed by atoms with Crippen LogP contribution in [0.25, 0.3) is 0 Å². The standard InChI is InChI=1S/C74H122N26O24/c1-10-35(6)57(69(120)87-33-53(106)91-46(28-54(107)108)66(117)95-47(29-55(109)110)67(118)99-58(36(7)11-2)70(121)96-45(27-50(78)103)65(116)93-43(72(123)124)18-15-25-85-74(81)82)100-71(122)59(37(8)12-3)98-60(111)38(9)88-64(115)44(26-39-16-13-23-83-31-39)94-62(113)42(20-22-49(77)102)92-61(112)40(17-14-24-84-73(79)80)90-52(105)32-86-68(119)56(34(4)5)97-63(114)41(19-21-48(76)101)89-51(104)30-75/h13,16,23,31,34-38,40-47,56-59H,10-12,14-15,17-22,24-30,32-33,75H2,1-9H3,(H2,76,101)(H2,77,102)(H2,78,103)(H,86,119)(H,87,120)(H,88,115)(H,89,104)(H,90,105)(H,91,106)(H,92,112)(H,93,116)(H,94,113)(H,95,117)(H,96,121)(H,97,114)(H,98,111)(H,99,118)(H,100,122)(H,107,108)(H,109,110)(H,123,124)(H4,79,80,84)(H4,81,82,85)/t35-,36-,37-,38-,40-,41-,42-,43-,44-,45-,46-,47-,56-,57-,58-,59-/m0/s1. The van der Waals surface area contributed by atoms with E-state index in [1.165, 1.54) is 45.3 Å². The lowest BCUT2D eigenvalue weighted by Gasteiger charge is -2.30. The number of amides is 18. The van der Waals surface area contributed by atoms with Crippen LogP contribution in [0.5, 0.6) is 0 Å². The SMILES string of the molecule is CC[C@H](C)[C@H](NC(=O)[C@H](C)NC(=O)[C@H](Cc1cccnc1)NC(=O)[C@H](CCC(N)=O)NC(=O)[C@H](CCCNC(=N)N)NC(=O)CNC(=O)[C@@H](NC(=O)[C@H](CCC(N)=O)NC(=O)CN)C(C)C)C(=O)N[C@H](C(=O)NCC(=O)N[C@@H](CC(=O)O)C(=O)N[C@@H](CC(=O)O)C(=O)N[C@H](C(=O)N[C@@H](CC(N)=O)C(=O)N[C@@H](CCCNC(=N)N)C(=O)O)[C@@H](C)CC)[C@@H](C)CC. The average Bonchev–Trinajstić information content (AvgIpc) is 0.851. The van der Waals surface area contributed by atoms with Crippen LogP contribution in [0.3, 0.4) is 0 Å². The molecule has 0 unspecified atom stereocenters. The van der Waals surface area contributed by atoms with Crippen molar-refractivity contribution in [2.24, 2.45) is 58.1 Å². The van der Waals surface area contributed by atoms with Crippen LogP contribution in [0.1, 0.15) is 158 Å². The number of aliphatic carboxylic acids is 3. The summed E-state index contributed by atoms with van der Waals surface area (Å²) in [5.41, 5.74) is 32.5. The molecule has 0 radical (unpaired) electrons. The Kier molecular flexibility index (Phi) is 49.2. The molecule has 1 heterocycles. The molecule has 692 valence electrons. The average molecular weight is 1760 g/mol. The summed E-state index contributed by atoms with van der Waals surface area (Å²) >= 11 is 0. The van der Waals surface area contributed by atoms with Gasteiger partial charge in [-0.3, -0.25) is 112 Å². The lowest BCUT2D eigenvalue weighted by atomic mass is 9.94. The zero-order chi connectivity index (χ0) is 94.4. The third-order valence-corrected chi connectivity index (χ3v) is 19.2. The molecule has 34 N–H and O–H groups in total. The quantitative estimate of drug-likeness (QED) is 0.0164. The van der Waals surface area contributed by atoms with Gasteiger partial charge in [0.2, 0.25) is 106 Å². The lowest BCUT2D eigenvalue weighted by Crippen LogP contribution is -2.61. The number of carbonyl (C=O) groups excluding carboxylic acids is 18. The van der Waals surface area contributed by atoms with Crippen LogP contribution in [0.4, 0.5) is 0 Å². The number of guanidine groups is 2. The predicted molar refractivity (Wildman–Crippen MR) is 438 cm³/mol.